The summed E-state index contributed by atoms with van der Waals surface area (Å²) in [5.74, 6) is -0.514. The van der Waals surface area contributed by atoms with E-state index in [4.69, 9.17) is 10.5 Å². The number of amides is 1. The summed E-state index contributed by atoms with van der Waals surface area (Å²) in [5.41, 5.74) is 8.25. The minimum absolute atomic E-state index is 0.203. The summed E-state index contributed by atoms with van der Waals surface area (Å²) >= 11 is 1.46. The Hall–Kier alpha value is -2.85. The molecule has 1 aromatic heterocycles. The minimum Gasteiger partial charge on any atom is -0.452 e. The Kier molecular flexibility index (Phi) is 5.94. The largest absolute Gasteiger partial charge is 0.452 e. The van der Waals surface area contributed by atoms with Crippen molar-refractivity contribution in [1.29, 1.82) is 5.26 Å². The molecule has 7 heteroatoms. The molecule has 1 aliphatic carbocycles. The van der Waals surface area contributed by atoms with Crippen LogP contribution < -0.4 is 11.1 Å². The molecule has 1 unspecified atom stereocenters. The maximum Gasteiger partial charge on any atom is 0.338 e. The quantitative estimate of drug-likeness (QED) is 0.581. The van der Waals surface area contributed by atoms with Crippen LogP contribution in [-0.2, 0) is 22.4 Å². The highest BCUT2D eigenvalue weighted by Gasteiger charge is 2.32. The average molecular weight is 412 g/mol. The van der Waals surface area contributed by atoms with E-state index >= 15 is 0 Å². The third-order valence-corrected chi connectivity index (χ3v) is 6.51. The van der Waals surface area contributed by atoms with Crippen molar-refractivity contribution in [2.75, 3.05) is 17.7 Å². The second-order valence-corrected chi connectivity index (χ2v) is 9.48. The predicted molar refractivity (Wildman–Crippen MR) is 114 cm³/mol. The van der Waals surface area contributed by atoms with Crippen LogP contribution in [0, 0.1) is 22.7 Å². The molecule has 3 N–H and O–H groups in total. The van der Waals surface area contributed by atoms with Gasteiger partial charge in [-0.1, -0.05) is 20.8 Å². The highest BCUT2D eigenvalue weighted by Crippen LogP contribution is 2.43. The summed E-state index contributed by atoms with van der Waals surface area (Å²) in [6.07, 6.45) is 2.80. The molecule has 0 fully saturated rings. The molecule has 0 saturated carbocycles. The van der Waals surface area contributed by atoms with Crippen LogP contribution in [0.2, 0.25) is 0 Å². The summed E-state index contributed by atoms with van der Waals surface area (Å²) in [5, 5.41) is 12.9. The first-order chi connectivity index (χ1) is 13.7. The van der Waals surface area contributed by atoms with Gasteiger partial charge in [-0.2, -0.15) is 5.26 Å². The lowest BCUT2D eigenvalue weighted by Gasteiger charge is -2.33. The highest BCUT2D eigenvalue weighted by atomic mass is 32.1. The number of carbonyl (C=O) groups excluding carboxylic acids is 2. The van der Waals surface area contributed by atoms with Crippen LogP contribution in [0.5, 0.6) is 0 Å². The van der Waals surface area contributed by atoms with Gasteiger partial charge in [-0.3, -0.25) is 4.79 Å². The highest BCUT2D eigenvalue weighted by molar-refractivity contribution is 7.16. The van der Waals surface area contributed by atoms with E-state index in [1.54, 1.807) is 24.3 Å². The van der Waals surface area contributed by atoms with Crippen LogP contribution in [0.4, 0.5) is 10.7 Å². The number of nitrogens with two attached hydrogens (primary N) is 1. The Morgan fingerprint density at radius 1 is 1.31 bits per heavy atom. The summed E-state index contributed by atoms with van der Waals surface area (Å²) in [6.45, 7) is 6.29. The monoisotopic (exact) mass is 411 g/mol. The summed E-state index contributed by atoms with van der Waals surface area (Å²) in [6, 6.07) is 8.51. The maximum absolute atomic E-state index is 12.3. The molecule has 1 aliphatic rings. The van der Waals surface area contributed by atoms with Crippen LogP contribution in [0.3, 0.4) is 0 Å². The van der Waals surface area contributed by atoms with Gasteiger partial charge in [0.15, 0.2) is 6.61 Å². The van der Waals surface area contributed by atoms with Crippen molar-refractivity contribution in [3.63, 3.8) is 0 Å². The molecule has 1 heterocycles. The lowest BCUT2D eigenvalue weighted by Crippen LogP contribution is -2.26. The molecule has 0 aliphatic heterocycles. The van der Waals surface area contributed by atoms with Gasteiger partial charge in [-0.15, -0.1) is 11.3 Å². The molecule has 29 heavy (non-hydrogen) atoms. The van der Waals surface area contributed by atoms with Crippen molar-refractivity contribution < 1.29 is 14.3 Å². The number of hydrogen-bond acceptors (Lipinski definition) is 6. The molecule has 0 bridgehead atoms. The first-order valence-electron chi connectivity index (χ1n) is 9.56. The third kappa shape index (κ3) is 4.77. The van der Waals surface area contributed by atoms with Crippen molar-refractivity contribution >= 4 is 33.9 Å². The van der Waals surface area contributed by atoms with Gasteiger partial charge < -0.3 is 15.8 Å². The average Bonchev–Trinajstić information content (AvgIpc) is 3.02. The fraction of sp³-hybridized carbons (Fsp3) is 0.409. The summed E-state index contributed by atoms with van der Waals surface area (Å²) in [4.78, 5) is 25.5. The van der Waals surface area contributed by atoms with Crippen molar-refractivity contribution in [3.8, 4) is 6.07 Å². The lowest BCUT2D eigenvalue weighted by molar-refractivity contribution is -0.119. The van der Waals surface area contributed by atoms with Crippen LogP contribution >= 0.6 is 11.3 Å². The third-order valence-electron chi connectivity index (χ3n) is 5.34. The van der Waals surface area contributed by atoms with Gasteiger partial charge >= 0.3 is 5.97 Å². The molecule has 3 rings (SSSR count). The van der Waals surface area contributed by atoms with Gasteiger partial charge in [0.1, 0.15) is 11.1 Å². The molecule has 0 radical (unpaired) electrons. The molecule has 6 nitrogen and oxygen atoms in total. The molecule has 0 saturated heterocycles. The predicted octanol–water partition coefficient (Wildman–Crippen LogP) is 4.15. The number of nitrogens with one attached hydrogen (secondary N) is 1. The maximum atomic E-state index is 12.3. The van der Waals surface area contributed by atoms with Crippen molar-refractivity contribution in [2.45, 2.75) is 40.0 Å². The number of hydrogen-bond donors (Lipinski definition) is 2. The van der Waals surface area contributed by atoms with Gasteiger partial charge in [0, 0.05) is 10.6 Å². The second-order valence-electron chi connectivity index (χ2n) is 8.37. The topological polar surface area (TPSA) is 105 Å². The first kappa shape index (κ1) is 20.9. The molecule has 1 aromatic carbocycles. The normalized spacial score (nSPS) is 15.9. The number of fused-ring (bicyclic) bond motifs is 1. The molecular weight excluding hydrogens is 386 g/mol. The standard InChI is InChI=1S/C22H25N3O3S/c1-22(2,3)14-6-9-16-17(11-23)20(29-18(16)10-14)25-19(26)12-28-21(27)13-4-7-15(24)8-5-13/h4-5,7-8,14H,6,9-10,12,24H2,1-3H3,(H,25,26). The van der Waals surface area contributed by atoms with E-state index in [0.29, 0.717) is 27.7 Å². The van der Waals surface area contributed by atoms with Gasteiger partial charge in [0.05, 0.1) is 11.1 Å². The zero-order valence-corrected chi connectivity index (χ0v) is 17.7. The Bertz CT molecular complexity index is 965. The number of nitrogen functional groups attached to an aromatic ring is 1. The molecular formula is C22H25N3O3S. The number of anilines is 2. The first-order valence-corrected chi connectivity index (χ1v) is 10.4. The molecule has 1 atom stereocenters. The number of nitrogens with zero attached hydrogens (tertiary/aromatic N) is 1. The number of thiophene rings is 1. The molecule has 1 amide bonds. The zero-order chi connectivity index (χ0) is 21.2. The summed E-state index contributed by atoms with van der Waals surface area (Å²) in [7, 11) is 0. The smallest absolute Gasteiger partial charge is 0.338 e. The number of rotatable bonds is 4. The molecule has 0 spiro atoms. The Labute approximate surface area is 174 Å². The van der Waals surface area contributed by atoms with Gasteiger partial charge in [-0.05, 0) is 60.4 Å². The number of ether oxygens (including phenoxy) is 1. The lowest BCUT2D eigenvalue weighted by atomic mass is 9.72. The van der Waals surface area contributed by atoms with Crippen molar-refractivity contribution in [1.82, 2.24) is 0 Å². The van der Waals surface area contributed by atoms with E-state index in [1.165, 1.54) is 16.2 Å². The Morgan fingerprint density at radius 2 is 2.00 bits per heavy atom. The van der Waals surface area contributed by atoms with Crippen LogP contribution in [-0.4, -0.2) is 18.5 Å². The molecule has 152 valence electrons. The Balaban J connectivity index is 1.65. The van der Waals surface area contributed by atoms with E-state index in [0.717, 1.165) is 24.8 Å². The fourth-order valence-electron chi connectivity index (χ4n) is 3.53. The van der Waals surface area contributed by atoms with Crippen LogP contribution in [0.15, 0.2) is 24.3 Å². The second kappa shape index (κ2) is 8.26. The number of carbonyl (C=O) groups is 2. The van der Waals surface area contributed by atoms with E-state index in [9.17, 15) is 14.9 Å². The molecule has 2 aromatic rings. The van der Waals surface area contributed by atoms with E-state index in [-0.39, 0.29) is 5.41 Å². The van der Waals surface area contributed by atoms with Crippen molar-refractivity contribution in [2.24, 2.45) is 11.3 Å². The van der Waals surface area contributed by atoms with E-state index < -0.39 is 18.5 Å². The van der Waals surface area contributed by atoms with E-state index in [1.807, 2.05) is 0 Å². The van der Waals surface area contributed by atoms with Gasteiger partial charge in [-0.25, -0.2) is 4.79 Å². The fourth-order valence-corrected chi connectivity index (χ4v) is 4.82. The Morgan fingerprint density at radius 3 is 2.62 bits per heavy atom. The van der Waals surface area contributed by atoms with Gasteiger partial charge in [0.2, 0.25) is 0 Å². The number of nitriles is 1. The number of benzene rings is 1. The van der Waals surface area contributed by atoms with Gasteiger partial charge in [0.25, 0.3) is 5.91 Å². The zero-order valence-electron chi connectivity index (χ0n) is 16.9. The van der Waals surface area contributed by atoms with Crippen molar-refractivity contribution in [3.05, 3.63) is 45.8 Å². The number of esters is 1. The summed E-state index contributed by atoms with van der Waals surface area (Å²) < 4.78 is 5.07. The van der Waals surface area contributed by atoms with Crippen LogP contribution in [0.1, 0.15) is 53.6 Å². The van der Waals surface area contributed by atoms with E-state index in [2.05, 4.69) is 32.2 Å². The minimum atomic E-state index is -0.598. The van der Waals surface area contributed by atoms with Crippen LogP contribution in [0.25, 0.3) is 0 Å². The SMILES string of the molecule is CC(C)(C)C1CCc2c(sc(NC(=O)COC(=O)c3ccc(N)cc3)c2C#N)C1.